The van der Waals surface area contributed by atoms with Crippen LogP contribution < -0.4 is 9.47 Å². The third-order valence-electron chi connectivity index (χ3n) is 5.40. The third-order valence-corrected chi connectivity index (χ3v) is 5.75. The molecule has 1 saturated heterocycles. The molecular formula is C21H24ClNO2. The molecule has 4 rings (SSSR count). The molecule has 0 aliphatic carbocycles. The molecule has 2 heterocycles. The lowest BCUT2D eigenvalue weighted by Crippen LogP contribution is -2.39. The number of likely N-dealkylation sites (tertiary alicyclic amines) is 1. The van der Waals surface area contributed by atoms with E-state index < -0.39 is 0 Å². The van der Waals surface area contributed by atoms with E-state index in [1.165, 1.54) is 11.1 Å². The van der Waals surface area contributed by atoms with E-state index in [4.69, 9.17) is 21.1 Å². The first-order valence-corrected chi connectivity index (χ1v) is 9.41. The zero-order valence-corrected chi connectivity index (χ0v) is 15.3. The molecule has 1 unspecified atom stereocenters. The van der Waals surface area contributed by atoms with Gasteiger partial charge in [0, 0.05) is 23.6 Å². The first kappa shape index (κ1) is 16.7. The van der Waals surface area contributed by atoms with Crippen LogP contribution in [0.15, 0.2) is 42.5 Å². The van der Waals surface area contributed by atoms with Gasteiger partial charge in [0.1, 0.15) is 17.6 Å². The Morgan fingerprint density at radius 2 is 1.96 bits per heavy atom. The quantitative estimate of drug-likeness (QED) is 0.802. The molecule has 3 nitrogen and oxygen atoms in total. The second kappa shape index (κ2) is 7.27. The Labute approximate surface area is 154 Å². The van der Waals surface area contributed by atoms with Gasteiger partial charge in [-0.05, 0) is 61.7 Å². The predicted molar refractivity (Wildman–Crippen MR) is 101 cm³/mol. The highest BCUT2D eigenvalue weighted by molar-refractivity contribution is 6.31. The molecule has 2 aromatic carbocycles. The number of piperidine rings is 1. The van der Waals surface area contributed by atoms with Gasteiger partial charge in [-0.15, -0.1) is 0 Å². The van der Waals surface area contributed by atoms with Gasteiger partial charge >= 0.3 is 0 Å². The van der Waals surface area contributed by atoms with Crippen LogP contribution in [0.25, 0.3) is 0 Å². The predicted octanol–water partition coefficient (Wildman–Crippen LogP) is 4.53. The smallest absolute Gasteiger partial charge is 0.123 e. The number of halogens is 1. The molecule has 0 aromatic heterocycles. The molecular weight excluding hydrogens is 334 g/mol. The van der Waals surface area contributed by atoms with Crippen molar-refractivity contribution >= 4 is 11.6 Å². The van der Waals surface area contributed by atoms with Crippen LogP contribution in [-0.2, 0) is 6.42 Å². The Hall–Kier alpha value is -1.71. The van der Waals surface area contributed by atoms with Crippen molar-refractivity contribution in [2.75, 3.05) is 26.7 Å². The summed E-state index contributed by atoms with van der Waals surface area (Å²) in [6.07, 6.45) is 3.55. The number of nitrogens with zero attached hydrogens (tertiary/aromatic N) is 1. The van der Waals surface area contributed by atoms with Gasteiger partial charge in [-0.1, -0.05) is 29.8 Å². The molecule has 0 N–H and O–H groups in total. The van der Waals surface area contributed by atoms with E-state index in [1.807, 2.05) is 24.3 Å². The molecule has 0 spiro atoms. The molecule has 0 bridgehead atoms. The van der Waals surface area contributed by atoms with Gasteiger partial charge in [-0.2, -0.15) is 0 Å². The van der Waals surface area contributed by atoms with Crippen molar-refractivity contribution in [2.45, 2.75) is 31.3 Å². The summed E-state index contributed by atoms with van der Waals surface area (Å²) in [5.74, 6) is 2.50. The van der Waals surface area contributed by atoms with Crippen molar-refractivity contribution in [3.8, 4) is 11.5 Å². The Bertz CT molecular complexity index is 740. The highest BCUT2D eigenvalue weighted by Crippen LogP contribution is 2.35. The van der Waals surface area contributed by atoms with Gasteiger partial charge < -0.3 is 9.47 Å². The fourth-order valence-corrected chi connectivity index (χ4v) is 4.34. The highest BCUT2D eigenvalue weighted by atomic mass is 35.5. The second-order valence-electron chi connectivity index (χ2n) is 7.01. The number of fused-ring (bicyclic) bond motifs is 1. The maximum Gasteiger partial charge on any atom is 0.123 e. The molecule has 4 heteroatoms. The van der Waals surface area contributed by atoms with Crippen LogP contribution >= 0.6 is 11.6 Å². The van der Waals surface area contributed by atoms with E-state index in [0.717, 1.165) is 55.4 Å². The number of rotatable bonds is 4. The van der Waals surface area contributed by atoms with Gasteiger partial charge in [0.2, 0.25) is 0 Å². The first-order valence-electron chi connectivity index (χ1n) is 9.03. The highest BCUT2D eigenvalue weighted by Gasteiger charge is 2.28. The van der Waals surface area contributed by atoms with E-state index in [-0.39, 0.29) is 6.10 Å². The largest absolute Gasteiger partial charge is 0.497 e. The normalized spacial score (nSPS) is 21.0. The van der Waals surface area contributed by atoms with E-state index in [1.54, 1.807) is 7.11 Å². The van der Waals surface area contributed by atoms with Crippen LogP contribution in [0.5, 0.6) is 11.5 Å². The van der Waals surface area contributed by atoms with Crippen molar-refractivity contribution in [3.05, 3.63) is 58.6 Å². The molecule has 1 atom stereocenters. The fourth-order valence-electron chi connectivity index (χ4n) is 4.05. The van der Waals surface area contributed by atoms with E-state index in [2.05, 4.69) is 23.1 Å². The molecule has 132 valence electrons. The molecule has 0 saturated carbocycles. The number of hydrogen-bond donors (Lipinski definition) is 0. The Balaban J connectivity index is 1.32. The molecule has 1 fully saturated rings. The van der Waals surface area contributed by atoms with Crippen LogP contribution in [0.3, 0.4) is 0 Å². The summed E-state index contributed by atoms with van der Waals surface area (Å²) in [6, 6.07) is 14.4. The maximum atomic E-state index is 6.36. The van der Waals surface area contributed by atoms with Crippen LogP contribution in [0.4, 0.5) is 0 Å². The Morgan fingerprint density at radius 1 is 1.16 bits per heavy atom. The van der Waals surface area contributed by atoms with Crippen molar-refractivity contribution in [3.63, 3.8) is 0 Å². The van der Waals surface area contributed by atoms with Crippen molar-refractivity contribution in [1.29, 1.82) is 0 Å². The Kier molecular flexibility index (Phi) is 4.87. The zero-order valence-electron chi connectivity index (χ0n) is 14.6. The average Bonchev–Trinajstić information content (AvgIpc) is 3.04. The lowest BCUT2D eigenvalue weighted by atomic mass is 9.89. The SMILES string of the molecule is COc1ccc2c(c1)CC(CN1CCC(c3ccccc3Cl)CC1)O2. The third kappa shape index (κ3) is 3.63. The molecule has 0 amide bonds. The average molecular weight is 358 g/mol. The van der Waals surface area contributed by atoms with Gasteiger partial charge in [0.25, 0.3) is 0 Å². The van der Waals surface area contributed by atoms with Gasteiger partial charge in [-0.3, -0.25) is 4.90 Å². The molecule has 0 radical (unpaired) electrons. The maximum absolute atomic E-state index is 6.36. The first-order chi connectivity index (χ1) is 12.2. The standard InChI is InChI=1S/C21H24ClNO2/c1-24-17-6-7-21-16(12-17)13-18(25-21)14-23-10-8-15(9-11-23)19-4-2-3-5-20(19)22/h2-7,12,15,18H,8-11,13-14H2,1H3. The zero-order chi connectivity index (χ0) is 17.2. The number of methoxy groups -OCH3 is 1. The topological polar surface area (TPSA) is 21.7 Å². The lowest BCUT2D eigenvalue weighted by molar-refractivity contribution is 0.128. The minimum absolute atomic E-state index is 0.249. The van der Waals surface area contributed by atoms with Crippen molar-refractivity contribution in [1.82, 2.24) is 4.90 Å². The molecule has 2 aliphatic rings. The Morgan fingerprint density at radius 3 is 2.72 bits per heavy atom. The molecule has 2 aromatic rings. The van der Waals surface area contributed by atoms with Crippen LogP contribution in [0.2, 0.25) is 5.02 Å². The van der Waals surface area contributed by atoms with E-state index >= 15 is 0 Å². The van der Waals surface area contributed by atoms with Gasteiger partial charge in [0.15, 0.2) is 0 Å². The summed E-state index contributed by atoms with van der Waals surface area (Å²) in [7, 11) is 1.71. The number of hydrogen-bond acceptors (Lipinski definition) is 3. The van der Waals surface area contributed by atoms with Crippen LogP contribution in [0.1, 0.15) is 29.9 Å². The summed E-state index contributed by atoms with van der Waals surface area (Å²) >= 11 is 6.36. The lowest BCUT2D eigenvalue weighted by Gasteiger charge is -2.33. The summed E-state index contributed by atoms with van der Waals surface area (Å²) in [5, 5.41) is 0.907. The summed E-state index contributed by atoms with van der Waals surface area (Å²) < 4.78 is 11.4. The van der Waals surface area contributed by atoms with Gasteiger partial charge in [0.05, 0.1) is 7.11 Å². The van der Waals surface area contributed by atoms with Crippen molar-refractivity contribution in [2.24, 2.45) is 0 Å². The van der Waals surface area contributed by atoms with Crippen LogP contribution in [0, 0.1) is 0 Å². The summed E-state index contributed by atoms with van der Waals surface area (Å²) in [4.78, 5) is 2.53. The van der Waals surface area contributed by atoms with Crippen LogP contribution in [-0.4, -0.2) is 37.7 Å². The van der Waals surface area contributed by atoms with E-state index in [9.17, 15) is 0 Å². The molecule has 25 heavy (non-hydrogen) atoms. The van der Waals surface area contributed by atoms with Crippen molar-refractivity contribution < 1.29 is 9.47 Å². The van der Waals surface area contributed by atoms with E-state index in [0.29, 0.717) is 5.92 Å². The second-order valence-corrected chi connectivity index (χ2v) is 7.42. The monoisotopic (exact) mass is 357 g/mol. The number of benzene rings is 2. The van der Waals surface area contributed by atoms with Gasteiger partial charge in [-0.25, -0.2) is 0 Å². The minimum atomic E-state index is 0.249. The minimum Gasteiger partial charge on any atom is -0.497 e. The fraction of sp³-hybridized carbons (Fsp3) is 0.429. The molecule has 2 aliphatic heterocycles. The number of ether oxygens (including phenoxy) is 2. The summed E-state index contributed by atoms with van der Waals surface area (Å²) in [6.45, 7) is 3.21. The summed E-state index contributed by atoms with van der Waals surface area (Å²) in [5.41, 5.74) is 2.57.